The lowest BCUT2D eigenvalue weighted by atomic mass is 10.1. The lowest BCUT2D eigenvalue weighted by Gasteiger charge is -2.26. The number of carbonyl (C=O) groups is 1. The number of benzene rings is 1. The van der Waals surface area contributed by atoms with Gasteiger partial charge < -0.3 is 5.32 Å². The number of rotatable bonds is 8. The molecule has 140 valence electrons. The summed E-state index contributed by atoms with van der Waals surface area (Å²) in [5.41, 5.74) is 2.26. The third-order valence-electron chi connectivity index (χ3n) is 4.45. The first kappa shape index (κ1) is 20.1. The number of aryl methyl sites for hydroxylation is 1. The van der Waals surface area contributed by atoms with Crippen molar-refractivity contribution in [3.05, 3.63) is 55.8 Å². The van der Waals surface area contributed by atoms with Crippen molar-refractivity contribution in [3.8, 4) is 0 Å². The monoisotopic (exact) mass is 375 g/mol. The molecule has 2 aromatic rings. The summed E-state index contributed by atoms with van der Waals surface area (Å²) in [7, 11) is 0. The molecule has 0 saturated carbocycles. The predicted molar refractivity (Wildman–Crippen MR) is 106 cm³/mol. The largest absolute Gasteiger partial charge is 0.326 e. The second-order valence-corrected chi connectivity index (χ2v) is 7.60. The number of nitrogens with one attached hydrogen (secondary N) is 1. The number of anilines is 1. The minimum Gasteiger partial charge on any atom is -0.326 e. The maximum absolute atomic E-state index is 12.3. The summed E-state index contributed by atoms with van der Waals surface area (Å²) in [6.45, 7) is 9.44. The first-order valence-corrected chi connectivity index (χ1v) is 9.48. The summed E-state index contributed by atoms with van der Waals surface area (Å²) >= 11 is 1.73. The van der Waals surface area contributed by atoms with Gasteiger partial charge in [0.15, 0.2) is 0 Å². The van der Waals surface area contributed by atoms with Crippen LogP contribution >= 0.6 is 11.3 Å². The average molecular weight is 375 g/mol. The van der Waals surface area contributed by atoms with Crippen molar-refractivity contribution in [2.24, 2.45) is 0 Å². The fraction of sp³-hybridized carbons (Fsp3) is 0.421. The van der Waals surface area contributed by atoms with Gasteiger partial charge in [0, 0.05) is 36.5 Å². The number of nitro groups is 1. The van der Waals surface area contributed by atoms with Gasteiger partial charge in [0.05, 0.1) is 16.2 Å². The van der Waals surface area contributed by atoms with Gasteiger partial charge >= 0.3 is 0 Å². The molecule has 0 aliphatic rings. The topological polar surface area (TPSA) is 75.5 Å². The number of hydrogen-bond acceptors (Lipinski definition) is 5. The Bertz CT molecular complexity index is 786. The summed E-state index contributed by atoms with van der Waals surface area (Å²) in [4.78, 5) is 26.5. The second kappa shape index (κ2) is 8.91. The molecule has 0 unspecified atom stereocenters. The SMILES string of the molecule is Cc1ccsc1CN(CCC(=O)Nc1cccc([N+](=O)[O-])c1C)C(C)C. The molecule has 6 nitrogen and oxygen atoms in total. The minimum atomic E-state index is -0.436. The highest BCUT2D eigenvalue weighted by Crippen LogP contribution is 2.25. The summed E-state index contributed by atoms with van der Waals surface area (Å²) in [6, 6.07) is 7.14. The third kappa shape index (κ3) is 5.12. The molecule has 0 spiro atoms. The van der Waals surface area contributed by atoms with E-state index in [1.807, 2.05) is 0 Å². The number of carbonyl (C=O) groups excluding carboxylic acids is 1. The van der Waals surface area contributed by atoms with Crippen molar-refractivity contribution in [2.75, 3.05) is 11.9 Å². The maximum atomic E-state index is 12.3. The molecule has 0 fully saturated rings. The summed E-state index contributed by atoms with van der Waals surface area (Å²) in [5, 5.41) is 15.9. The molecule has 2 rings (SSSR count). The van der Waals surface area contributed by atoms with Crippen molar-refractivity contribution in [1.29, 1.82) is 0 Å². The molecule has 0 aliphatic heterocycles. The molecule has 0 bridgehead atoms. The molecule has 7 heteroatoms. The van der Waals surface area contributed by atoms with Crippen LogP contribution in [0, 0.1) is 24.0 Å². The van der Waals surface area contributed by atoms with E-state index in [4.69, 9.17) is 0 Å². The molecular formula is C19H25N3O3S. The fourth-order valence-corrected chi connectivity index (χ4v) is 3.62. The Morgan fingerprint density at radius 2 is 2.04 bits per heavy atom. The summed E-state index contributed by atoms with van der Waals surface area (Å²) in [5.74, 6) is -0.137. The van der Waals surface area contributed by atoms with E-state index >= 15 is 0 Å². The van der Waals surface area contributed by atoms with E-state index in [1.54, 1.807) is 30.4 Å². The lowest BCUT2D eigenvalue weighted by molar-refractivity contribution is -0.385. The van der Waals surface area contributed by atoms with Gasteiger partial charge in [0.1, 0.15) is 0 Å². The Morgan fingerprint density at radius 3 is 2.62 bits per heavy atom. The normalized spacial score (nSPS) is 11.2. The minimum absolute atomic E-state index is 0.0137. The Balaban J connectivity index is 1.97. The highest BCUT2D eigenvalue weighted by atomic mass is 32.1. The van der Waals surface area contributed by atoms with Crippen LogP contribution in [0.25, 0.3) is 0 Å². The van der Waals surface area contributed by atoms with Gasteiger partial charge in [-0.2, -0.15) is 0 Å². The molecule has 0 saturated heterocycles. The van der Waals surface area contributed by atoms with E-state index in [2.05, 4.69) is 42.4 Å². The average Bonchev–Trinajstić information content (AvgIpc) is 2.97. The van der Waals surface area contributed by atoms with E-state index in [-0.39, 0.29) is 11.6 Å². The van der Waals surface area contributed by atoms with Crippen LogP contribution in [0.15, 0.2) is 29.6 Å². The van der Waals surface area contributed by atoms with E-state index in [0.717, 1.165) is 6.54 Å². The smallest absolute Gasteiger partial charge is 0.274 e. The number of nitrogens with zero attached hydrogens (tertiary/aromatic N) is 2. The Kier molecular flexibility index (Phi) is 6.88. The Labute approximate surface area is 158 Å². The van der Waals surface area contributed by atoms with Crippen molar-refractivity contribution in [2.45, 2.75) is 46.7 Å². The van der Waals surface area contributed by atoms with Crippen LogP contribution in [0.4, 0.5) is 11.4 Å². The van der Waals surface area contributed by atoms with Gasteiger partial charge in [0.2, 0.25) is 5.91 Å². The van der Waals surface area contributed by atoms with Crippen molar-refractivity contribution >= 4 is 28.6 Å². The zero-order chi connectivity index (χ0) is 19.3. The molecule has 1 aromatic carbocycles. The van der Waals surface area contributed by atoms with Gasteiger partial charge in [-0.05, 0) is 50.8 Å². The lowest BCUT2D eigenvalue weighted by Crippen LogP contribution is -2.33. The molecule has 0 radical (unpaired) electrons. The number of nitro benzene ring substituents is 1. The molecule has 1 aromatic heterocycles. The van der Waals surface area contributed by atoms with E-state index in [0.29, 0.717) is 30.3 Å². The van der Waals surface area contributed by atoms with Crippen LogP contribution in [0.5, 0.6) is 0 Å². The molecule has 0 atom stereocenters. The molecule has 1 N–H and O–H groups in total. The van der Waals surface area contributed by atoms with Crippen LogP contribution in [-0.4, -0.2) is 28.3 Å². The fourth-order valence-electron chi connectivity index (χ4n) is 2.68. The van der Waals surface area contributed by atoms with E-state index in [9.17, 15) is 14.9 Å². The maximum Gasteiger partial charge on any atom is 0.274 e. The third-order valence-corrected chi connectivity index (χ3v) is 5.45. The summed E-state index contributed by atoms with van der Waals surface area (Å²) < 4.78 is 0. The molecular weight excluding hydrogens is 350 g/mol. The van der Waals surface area contributed by atoms with Gasteiger partial charge in [-0.25, -0.2) is 0 Å². The van der Waals surface area contributed by atoms with Crippen LogP contribution in [-0.2, 0) is 11.3 Å². The van der Waals surface area contributed by atoms with Crippen LogP contribution < -0.4 is 5.32 Å². The van der Waals surface area contributed by atoms with Crippen molar-refractivity contribution < 1.29 is 9.72 Å². The van der Waals surface area contributed by atoms with Gasteiger partial charge in [0.25, 0.3) is 5.69 Å². The standard InChI is InChI=1S/C19H25N3O3S/c1-13(2)21(12-18-14(3)9-11-26-18)10-8-19(23)20-16-6-5-7-17(15(16)4)22(24)25/h5-7,9,11,13H,8,10,12H2,1-4H3,(H,20,23). The number of thiophene rings is 1. The van der Waals surface area contributed by atoms with Gasteiger partial charge in [-0.15, -0.1) is 11.3 Å². The van der Waals surface area contributed by atoms with Crippen molar-refractivity contribution in [1.82, 2.24) is 4.90 Å². The van der Waals surface area contributed by atoms with Gasteiger partial charge in [-0.1, -0.05) is 6.07 Å². The zero-order valence-electron chi connectivity index (χ0n) is 15.6. The Morgan fingerprint density at radius 1 is 1.31 bits per heavy atom. The predicted octanol–water partition coefficient (Wildman–Crippen LogP) is 4.51. The first-order valence-electron chi connectivity index (χ1n) is 8.60. The Hall–Kier alpha value is -2.25. The molecule has 1 heterocycles. The molecule has 26 heavy (non-hydrogen) atoms. The molecule has 1 amide bonds. The zero-order valence-corrected chi connectivity index (χ0v) is 16.4. The van der Waals surface area contributed by atoms with Crippen LogP contribution in [0.3, 0.4) is 0 Å². The number of hydrogen-bond donors (Lipinski definition) is 1. The van der Waals surface area contributed by atoms with E-state index in [1.165, 1.54) is 16.5 Å². The summed E-state index contributed by atoms with van der Waals surface area (Å²) in [6.07, 6.45) is 0.338. The first-order chi connectivity index (χ1) is 12.3. The highest BCUT2D eigenvalue weighted by molar-refractivity contribution is 7.10. The quantitative estimate of drug-likeness (QED) is 0.544. The number of amides is 1. The van der Waals surface area contributed by atoms with Gasteiger partial charge in [-0.3, -0.25) is 19.8 Å². The van der Waals surface area contributed by atoms with Crippen LogP contribution in [0.2, 0.25) is 0 Å². The highest BCUT2D eigenvalue weighted by Gasteiger charge is 2.17. The van der Waals surface area contributed by atoms with E-state index < -0.39 is 4.92 Å². The molecule has 0 aliphatic carbocycles. The van der Waals surface area contributed by atoms with Crippen LogP contribution in [0.1, 0.15) is 36.3 Å². The van der Waals surface area contributed by atoms with Crippen molar-refractivity contribution in [3.63, 3.8) is 0 Å². The second-order valence-electron chi connectivity index (χ2n) is 6.60.